The molecule has 0 aliphatic carbocycles. The fourth-order valence-corrected chi connectivity index (χ4v) is 2.08. The Morgan fingerprint density at radius 2 is 2.32 bits per heavy atom. The van der Waals surface area contributed by atoms with Crippen LogP contribution in [0.5, 0.6) is 5.75 Å². The average molecular weight is 372 g/mol. The van der Waals surface area contributed by atoms with Crippen molar-refractivity contribution in [1.29, 1.82) is 0 Å². The first-order valence-corrected chi connectivity index (χ1v) is 6.79. The van der Waals surface area contributed by atoms with Crippen LogP contribution in [0.15, 0.2) is 30.6 Å². The van der Waals surface area contributed by atoms with Crippen molar-refractivity contribution in [3.63, 3.8) is 0 Å². The first kappa shape index (κ1) is 13.9. The van der Waals surface area contributed by atoms with E-state index in [2.05, 4.69) is 27.7 Å². The molecule has 0 saturated carbocycles. The lowest BCUT2D eigenvalue weighted by Gasteiger charge is -2.09. The number of rotatable bonds is 5. The number of hydrogen-bond donors (Lipinski definition) is 1. The molecule has 0 radical (unpaired) electrons. The highest BCUT2D eigenvalue weighted by molar-refractivity contribution is 14.1. The van der Waals surface area contributed by atoms with Crippen LogP contribution in [0.2, 0.25) is 0 Å². The van der Waals surface area contributed by atoms with E-state index in [1.54, 1.807) is 29.1 Å². The fraction of sp³-hybridized carbons (Fsp3) is 0.231. The average Bonchev–Trinajstić information content (AvgIpc) is 2.77. The summed E-state index contributed by atoms with van der Waals surface area (Å²) in [7, 11) is 0. The Labute approximate surface area is 124 Å². The third kappa shape index (κ3) is 3.69. The van der Waals surface area contributed by atoms with Crippen LogP contribution in [-0.2, 0) is 6.54 Å². The highest BCUT2D eigenvalue weighted by atomic mass is 127. The molecule has 19 heavy (non-hydrogen) atoms. The van der Waals surface area contributed by atoms with Gasteiger partial charge in [0.1, 0.15) is 12.4 Å². The first-order valence-electron chi connectivity index (χ1n) is 5.71. The number of carboxylic acids is 1. The van der Waals surface area contributed by atoms with Gasteiger partial charge < -0.3 is 9.84 Å². The third-order valence-electron chi connectivity index (χ3n) is 2.52. The maximum absolute atomic E-state index is 10.9. The van der Waals surface area contributed by atoms with Crippen LogP contribution < -0.4 is 4.74 Å². The number of nitrogens with zero attached hydrogens (tertiary/aromatic N) is 2. The van der Waals surface area contributed by atoms with E-state index in [1.165, 1.54) is 0 Å². The molecule has 0 saturated heterocycles. The molecule has 1 aromatic heterocycles. The Morgan fingerprint density at radius 1 is 1.53 bits per heavy atom. The Kier molecular flexibility index (Phi) is 4.41. The number of aromatic carboxylic acids is 1. The predicted octanol–water partition coefficient (Wildman–Crippen LogP) is 2.57. The summed E-state index contributed by atoms with van der Waals surface area (Å²) in [4.78, 5) is 10.9. The molecule has 100 valence electrons. The quantitative estimate of drug-likeness (QED) is 0.820. The largest absolute Gasteiger partial charge is 0.491 e. The molecule has 2 rings (SSSR count). The zero-order valence-electron chi connectivity index (χ0n) is 10.3. The molecule has 6 heteroatoms. The van der Waals surface area contributed by atoms with Gasteiger partial charge in [-0.1, -0.05) is 0 Å². The Bertz CT molecular complexity index is 595. The second-order valence-electron chi connectivity index (χ2n) is 4.08. The summed E-state index contributed by atoms with van der Waals surface area (Å²) in [5.74, 6) is -0.367. The number of aryl methyl sites for hydroxylation is 1. The van der Waals surface area contributed by atoms with Crippen molar-refractivity contribution in [3.05, 3.63) is 45.3 Å². The van der Waals surface area contributed by atoms with Gasteiger partial charge in [0.25, 0.3) is 0 Å². The molecule has 0 bridgehead atoms. The highest BCUT2D eigenvalue weighted by Crippen LogP contribution is 2.22. The van der Waals surface area contributed by atoms with Gasteiger partial charge in [0.15, 0.2) is 0 Å². The molecule has 2 aromatic rings. The van der Waals surface area contributed by atoms with E-state index < -0.39 is 5.97 Å². The lowest BCUT2D eigenvalue weighted by molar-refractivity contribution is 0.0696. The van der Waals surface area contributed by atoms with Crippen molar-refractivity contribution in [2.24, 2.45) is 0 Å². The van der Waals surface area contributed by atoms with E-state index in [-0.39, 0.29) is 5.56 Å². The topological polar surface area (TPSA) is 64.4 Å². The van der Waals surface area contributed by atoms with Gasteiger partial charge in [0.05, 0.1) is 21.9 Å². The van der Waals surface area contributed by atoms with Crippen LogP contribution in [0.4, 0.5) is 0 Å². The summed E-state index contributed by atoms with van der Waals surface area (Å²) in [5, 5.41) is 13.1. The van der Waals surface area contributed by atoms with Gasteiger partial charge in [-0.3, -0.25) is 4.68 Å². The van der Waals surface area contributed by atoms with Crippen LogP contribution in [0.1, 0.15) is 15.9 Å². The maximum Gasteiger partial charge on any atom is 0.335 e. The number of ether oxygens (including phenoxy) is 1. The van der Waals surface area contributed by atoms with Gasteiger partial charge in [0, 0.05) is 6.20 Å². The van der Waals surface area contributed by atoms with Crippen LogP contribution in [0.3, 0.4) is 0 Å². The number of hydrogen-bond acceptors (Lipinski definition) is 3. The minimum atomic E-state index is -0.955. The molecule has 0 spiro atoms. The molecule has 5 nitrogen and oxygen atoms in total. The van der Waals surface area contributed by atoms with Gasteiger partial charge in [-0.25, -0.2) is 4.79 Å². The van der Waals surface area contributed by atoms with Crippen LogP contribution in [-0.4, -0.2) is 27.5 Å². The maximum atomic E-state index is 10.9. The molecular weight excluding hydrogens is 359 g/mol. The smallest absolute Gasteiger partial charge is 0.335 e. The van der Waals surface area contributed by atoms with Crippen LogP contribution in [0, 0.1) is 10.5 Å². The fourth-order valence-electron chi connectivity index (χ4n) is 1.59. The van der Waals surface area contributed by atoms with Crippen molar-refractivity contribution in [2.45, 2.75) is 13.5 Å². The summed E-state index contributed by atoms with van der Waals surface area (Å²) in [6.07, 6.45) is 3.72. The van der Waals surface area contributed by atoms with Crippen molar-refractivity contribution in [2.75, 3.05) is 6.61 Å². The second kappa shape index (κ2) is 6.05. The van der Waals surface area contributed by atoms with Crippen molar-refractivity contribution in [1.82, 2.24) is 9.78 Å². The van der Waals surface area contributed by atoms with Crippen molar-refractivity contribution >= 4 is 28.6 Å². The van der Waals surface area contributed by atoms with E-state index in [4.69, 9.17) is 9.84 Å². The zero-order valence-corrected chi connectivity index (χ0v) is 12.5. The summed E-state index contributed by atoms with van der Waals surface area (Å²) in [6.45, 7) is 3.05. The molecule has 0 atom stereocenters. The Morgan fingerprint density at radius 3 is 2.95 bits per heavy atom. The summed E-state index contributed by atoms with van der Waals surface area (Å²) in [5.41, 5.74) is 1.33. The second-order valence-corrected chi connectivity index (χ2v) is 5.24. The van der Waals surface area contributed by atoms with Gasteiger partial charge in [-0.05, 0) is 53.3 Å². The van der Waals surface area contributed by atoms with Gasteiger partial charge in [-0.2, -0.15) is 5.10 Å². The molecule has 1 N–H and O–H groups in total. The molecule has 0 amide bonds. The standard InChI is InChI=1S/C13H13IN2O3/c1-9-7-15-16(8-9)4-5-19-12-6-10(13(17)18)2-3-11(12)14/h2-3,6-8H,4-5H2,1H3,(H,17,18). The number of carbonyl (C=O) groups is 1. The number of carboxylic acid groups (broad SMARTS) is 1. The van der Waals surface area contributed by atoms with Gasteiger partial charge in [0.2, 0.25) is 0 Å². The molecule has 1 heterocycles. The number of halogens is 1. The third-order valence-corrected chi connectivity index (χ3v) is 3.41. The van der Waals surface area contributed by atoms with E-state index in [0.717, 1.165) is 9.13 Å². The molecule has 0 aliphatic heterocycles. The Hall–Kier alpha value is -1.57. The number of benzene rings is 1. The molecular formula is C13H13IN2O3. The monoisotopic (exact) mass is 372 g/mol. The zero-order chi connectivity index (χ0) is 13.8. The highest BCUT2D eigenvalue weighted by Gasteiger charge is 2.08. The molecule has 0 aliphatic rings. The Balaban J connectivity index is 1.99. The van der Waals surface area contributed by atoms with Crippen molar-refractivity contribution in [3.8, 4) is 5.75 Å². The van der Waals surface area contributed by atoms with Crippen molar-refractivity contribution < 1.29 is 14.6 Å². The molecule has 0 fully saturated rings. The summed E-state index contributed by atoms with van der Waals surface area (Å²) in [6, 6.07) is 4.84. The molecule has 0 unspecified atom stereocenters. The SMILES string of the molecule is Cc1cnn(CCOc2cc(C(=O)O)ccc2I)c1. The van der Waals surface area contributed by atoms with E-state index in [1.807, 2.05) is 13.1 Å². The lowest BCUT2D eigenvalue weighted by Crippen LogP contribution is -2.09. The molecule has 1 aromatic carbocycles. The van der Waals surface area contributed by atoms with Crippen LogP contribution >= 0.6 is 22.6 Å². The summed E-state index contributed by atoms with van der Waals surface area (Å²) >= 11 is 2.12. The van der Waals surface area contributed by atoms with E-state index >= 15 is 0 Å². The van der Waals surface area contributed by atoms with Gasteiger partial charge in [-0.15, -0.1) is 0 Å². The minimum Gasteiger partial charge on any atom is -0.491 e. The number of aromatic nitrogens is 2. The van der Waals surface area contributed by atoms with E-state index in [9.17, 15) is 4.79 Å². The van der Waals surface area contributed by atoms with E-state index in [0.29, 0.717) is 18.9 Å². The normalized spacial score (nSPS) is 10.4. The predicted molar refractivity (Wildman–Crippen MR) is 78.6 cm³/mol. The van der Waals surface area contributed by atoms with Crippen LogP contribution in [0.25, 0.3) is 0 Å². The first-order chi connectivity index (χ1) is 9.06. The lowest BCUT2D eigenvalue weighted by atomic mass is 10.2. The minimum absolute atomic E-state index is 0.227. The van der Waals surface area contributed by atoms with Gasteiger partial charge >= 0.3 is 5.97 Å². The summed E-state index contributed by atoms with van der Waals surface area (Å²) < 4.78 is 8.29.